The minimum atomic E-state index is 0.120. The number of nitrogens with zero attached hydrogens (tertiary/aromatic N) is 2. The maximum absolute atomic E-state index is 5.73. The Hall–Kier alpha value is -3.28. The van der Waals surface area contributed by atoms with E-state index in [1.54, 1.807) is 7.11 Å². The lowest BCUT2D eigenvalue weighted by Crippen LogP contribution is -2.15. The summed E-state index contributed by atoms with van der Waals surface area (Å²) < 4.78 is 10.9. The number of hydrogen-bond donors (Lipinski definition) is 2. The SMILES string of the molecule is COc1ccc(OCCNc2cc(C)nc(NC(C)c3ccccc3)n2)cc1. The molecule has 0 spiro atoms. The van der Waals surface area contributed by atoms with E-state index >= 15 is 0 Å². The first kappa shape index (κ1) is 19.5. The van der Waals surface area contributed by atoms with Crippen LogP contribution in [0.1, 0.15) is 24.2 Å². The lowest BCUT2D eigenvalue weighted by Gasteiger charge is -2.15. The van der Waals surface area contributed by atoms with Crippen molar-refractivity contribution in [3.8, 4) is 11.5 Å². The highest BCUT2D eigenvalue weighted by Crippen LogP contribution is 2.19. The second kappa shape index (κ2) is 9.60. The highest BCUT2D eigenvalue weighted by atomic mass is 16.5. The first-order valence-corrected chi connectivity index (χ1v) is 9.32. The van der Waals surface area contributed by atoms with Crippen LogP contribution in [-0.4, -0.2) is 30.2 Å². The Morgan fingerprint density at radius 3 is 2.39 bits per heavy atom. The van der Waals surface area contributed by atoms with Crippen LogP contribution in [0.5, 0.6) is 11.5 Å². The zero-order chi connectivity index (χ0) is 19.8. The zero-order valence-corrected chi connectivity index (χ0v) is 16.5. The van der Waals surface area contributed by atoms with Gasteiger partial charge in [-0.2, -0.15) is 4.98 Å². The highest BCUT2D eigenvalue weighted by molar-refractivity contribution is 5.43. The number of aryl methyl sites for hydroxylation is 1. The molecule has 0 aliphatic carbocycles. The van der Waals surface area contributed by atoms with E-state index in [1.807, 2.05) is 55.5 Å². The number of benzene rings is 2. The van der Waals surface area contributed by atoms with E-state index in [4.69, 9.17) is 9.47 Å². The Kier molecular flexibility index (Phi) is 6.68. The van der Waals surface area contributed by atoms with Crippen molar-refractivity contribution in [3.05, 3.63) is 71.9 Å². The molecular weight excluding hydrogens is 352 g/mol. The lowest BCUT2D eigenvalue weighted by atomic mass is 10.1. The van der Waals surface area contributed by atoms with Crippen molar-refractivity contribution in [2.75, 3.05) is 30.9 Å². The molecule has 0 fully saturated rings. The van der Waals surface area contributed by atoms with Gasteiger partial charge >= 0.3 is 0 Å². The molecular formula is C22H26N4O2. The van der Waals surface area contributed by atoms with Crippen LogP contribution >= 0.6 is 0 Å². The quantitative estimate of drug-likeness (QED) is 0.536. The van der Waals surface area contributed by atoms with E-state index in [9.17, 15) is 0 Å². The molecule has 0 amide bonds. The van der Waals surface area contributed by atoms with Crippen LogP contribution in [0.15, 0.2) is 60.7 Å². The molecule has 3 aromatic rings. The monoisotopic (exact) mass is 378 g/mol. The predicted molar refractivity (Wildman–Crippen MR) is 112 cm³/mol. The van der Waals surface area contributed by atoms with Crippen LogP contribution in [0, 0.1) is 6.92 Å². The number of anilines is 2. The minimum absolute atomic E-state index is 0.120. The molecule has 0 aliphatic heterocycles. The first-order valence-electron chi connectivity index (χ1n) is 9.32. The number of aromatic nitrogens is 2. The molecule has 6 nitrogen and oxygen atoms in total. The number of ether oxygens (including phenoxy) is 2. The molecule has 0 aliphatic rings. The van der Waals surface area contributed by atoms with Crippen molar-refractivity contribution in [2.24, 2.45) is 0 Å². The molecule has 2 aromatic carbocycles. The van der Waals surface area contributed by atoms with Crippen LogP contribution in [0.4, 0.5) is 11.8 Å². The summed E-state index contributed by atoms with van der Waals surface area (Å²) in [4.78, 5) is 9.05. The zero-order valence-electron chi connectivity index (χ0n) is 16.5. The van der Waals surface area contributed by atoms with Gasteiger partial charge in [-0.25, -0.2) is 4.98 Å². The van der Waals surface area contributed by atoms with Crippen molar-refractivity contribution in [3.63, 3.8) is 0 Å². The number of nitrogens with one attached hydrogen (secondary N) is 2. The first-order chi connectivity index (χ1) is 13.6. The van der Waals surface area contributed by atoms with Gasteiger partial charge < -0.3 is 20.1 Å². The van der Waals surface area contributed by atoms with Crippen molar-refractivity contribution >= 4 is 11.8 Å². The van der Waals surface area contributed by atoms with Gasteiger partial charge in [0.15, 0.2) is 0 Å². The number of hydrogen-bond acceptors (Lipinski definition) is 6. The summed E-state index contributed by atoms with van der Waals surface area (Å²) in [5.41, 5.74) is 2.09. The summed E-state index contributed by atoms with van der Waals surface area (Å²) in [6.45, 7) is 5.21. The molecule has 0 bridgehead atoms. The summed E-state index contributed by atoms with van der Waals surface area (Å²) in [5, 5.41) is 6.65. The summed E-state index contributed by atoms with van der Waals surface area (Å²) in [6, 6.07) is 19.8. The van der Waals surface area contributed by atoms with Crippen LogP contribution < -0.4 is 20.1 Å². The second-order valence-electron chi connectivity index (χ2n) is 6.45. The molecule has 0 saturated heterocycles. The highest BCUT2D eigenvalue weighted by Gasteiger charge is 2.08. The average Bonchev–Trinajstić information content (AvgIpc) is 2.72. The summed E-state index contributed by atoms with van der Waals surface area (Å²) in [6.07, 6.45) is 0. The van der Waals surface area contributed by atoms with E-state index in [0.717, 1.165) is 23.0 Å². The third kappa shape index (κ3) is 5.61. The third-order valence-corrected chi connectivity index (χ3v) is 4.24. The average molecular weight is 378 g/mol. The van der Waals surface area contributed by atoms with Crippen molar-refractivity contribution in [2.45, 2.75) is 19.9 Å². The summed E-state index contributed by atoms with van der Waals surface area (Å²) >= 11 is 0. The second-order valence-corrected chi connectivity index (χ2v) is 6.45. The van der Waals surface area contributed by atoms with Gasteiger partial charge in [-0.15, -0.1) is 0 Å². The Balaban J connectivity index is 1.52. The Morgan fingerprint density at radius 2 is 1.68 bits per heavy atom. The largest absolute Gasteiger partial charge is 0.497 e. The van der Waals surface area contributed by atoms with E-state index in [1.165, 1.54) is 5.56 Å². The van der Waals surface area contributed by atoms with E-state index in [0.29, 0.717) is 19.1 Å². The fraction of sp³-hybridized carbons (Fsp3) is 0.273. The normalized spacial score (nSPS) is 11.5. The molecule has 146 valence electrons. The van der Waals surface area contributed by atoms with Crippen molar-refractivity contribution in [1.82, 2.24) is 9.97 Å². The molecule has 1 aromatic heterocycles. The Labute approximate surface area is 166 Å². The predicted octanol–water partition coefficient (Wildman–Crippen LogP) is 4.46. The topological polar surface area (TPSA) is 68.3 Å². The molecule has 28 heavy (non-hydrogen) atoms. The third-order valence-electron chi connectivity index (χ3n) is 4.24. The molecule has 0 saturated carbocycles. The summed E-state index contributed by atoms with van der Waals surface area (Å²) in [5.74, 6) is 3.00. The van der Waals surface area contributed by atoms with Crippen LogP contribution in [0.25, 0.3) is 0 Å². The fourth-order valence-corrected chi connectivity index (χ4v) is 2.76. The van der Waals surface area contributed by atoms with Crippen LogP contribution in [0.2, 0.25) is 0 Å². The molecule has 2 N–H and O–H groups in total. The van der Waals surface area contributed by atoms with E-state index in [2.05, 4.69) is 39.7 Å². The van der Waals surface area contributed by atoms with Crippen molar-refractivity contribution < 1.29 is 9.47 Å². The van der Waals surface area contributed by atoms with Gasteiger partial charge in [0.1, 0.15) is 23.9 Å². The molecule has 1 heterocycles. The lowest BCUT2D eigenvalue weighted by molar-refractivity contribution is 0.331. The molecule has 6 heteroatoms. The fourth-order valence-electron chi connectivity index (χ4n) is 2.76. The van der Waals surface area contributed by atoms with E-state index < -0.39 is 0 Å². The van der Waals surface area contributed by atoms with E-state index in [-0.39, 0.29) is 6.04 Å². The number of methoxy groups -OCH3 is 1. The van der Waals surface area contributed by atoms with Crippen molar-refractivity contribution in [1.29, 1.82) is 0 Å². The maximum atomic E-state index is 5.73. The Bertz CT molecular complexity index is 869. The molecule has 1 atom stereocenters. The van der Waals surface area contributed by atoms with Crippen LogP contribution in [0.3, 0.4) is 0 Å². The maximum Gasteiger partial charge on any atom is 0.225 e. The van der Waals surface area contributed by atoms with Gasteiger partial charge in [-0.1, -0.05) is 30.3 Å². The minimum Gasteiger partial charge on any atom is -0.497 e. The smallest absolute Gasteiger partial charge is 0.225 e. The standard InChI is InChI=1S/C22H26N4O2/c1-16-15-21(23-13-14-28-20-11-9-19(27-3)10-12-20)26-22(24-16)25-17(2)18-7-5-4-6-8-18/h4-12,15,17H,13-14H2,1-3H3,(H2,23,24,25,26). The molecule has 0 radical (unpaired) electrons. The van der Waals surface area contributed by atoms with Gasteiger partial charge in [0.25, 0.3) is 0 Å². The molecule has 3 rings (SSSR count). The van der Waals surface area contributed by atoms with Crippen LogP contribution in [-0.2, 0) is 0 Å². The van der Waals surface area contributed by atoms with Gasteiger partial charge in [-0.05, 0) is 43.7 Å². The molecule has 1 unspecified atom stereocenters. The van der Waals surface area contributed by atoms with Gasteiger partial charge in [0.2, 0.25) is 5.95 Å². The van der Waals surface area contributed by atoms with Gasteiger partial charge in [-0.3, -0.25) is 0 Å². The Morgan fingerprint density at radius 1 is 0.964 bits per heavy atom. The summed E-state index contributed by atoms with van der Waals surface area (Å²) in [7, 11) is 1.65. The number of rotatable bonds is 9. The van der Waals surface area contributed by atoms with Gasteiger partial charge in [0, 0.05) is 11.8 Å². The van der Waals surface area contributed by atoms with Gasteiger partial charge in [0.05, 0.1) is 19.7 Å².